The number of aromatic nitrogens is 1. The quantitative estimate of drug-likeness (QED) is 0.823. The van der Waals surface area contributed by atoms with Crippen LogP contribution in [0.5, 0.6) is 0 Å². The first-order valence-corrected chi connectivity index (χ1v) is 8.71. The Balaban J connectivity index is 1.66. The van der Waals surface area contributed by atoms with Gasteiger partial charge in [0.1, 0.15) is 5.82 Å². The molecule has 1 aliphatic rings. The Labute approximate surface area is 143 Å². The second kappa shape index (κ2) is 7.55. The normalized spacial score (nSPS) is 16.5. The number of hydrogen-bond donors (Lipinski definition) is 2. The van der Waals surface area contributed by atoms with Crippen LogP contribution in [0, 0.1) is 0 Å². The number of hydrogen-bond acceptors (Lipinski definition) is 2. The average molecular weight is 325 g/mol. The topological polar surface area (TPSA) is 37.0 Å². The maximum atomic E-state index is 5.44. The molecule has 2 aromatic rings. The van der Waals surface area contributed by atoms with E-state index in [-0.39, 0.29) is 5.41 Å². The van der Waals surface area contributed by atoms with Crippen LogP contribution in [0.1, 0.15) is 37.7 Å². The van der Waals surface area contributed by atoms with Gasteiger partial charge in [-0.2, -0.15) is 0 Å². The second-order valence-corrected chi connectivity index (χ2v) is 6.64. The van der Waals surface area contributed by atoms with E-state index in [0.717, 1.165) is 12.4 Å². The first-order valence-electron chi connectivity index (χ1n) is 8.30. The third kappa shape index (κ3) is 4.08. The van der Waals surface area contributed by atoms with E-state index in [1.807, 2.05) is 18.2 Å². The van der Waals surface area contributed by atoms with Crippen molar-refractivity contribution >= 4 is 23.1 Å². The summed E-state index contributed by atoms with van der Waals surface area (Å²) in [4.78, 5) is 4.25. The van der Waals surface area contributed by atoms with E-state index >= 15 is 0 Å². The highest BCUT2D eigenvalue weighted by Crippen LogP contribution is 2.38. The summed E-state index contributed by atoms with van der Waals surface area (Å²) in [5.41, 5.74) is 1.61. The first kappa shape index (κ1) is 15.9. The van der Waals surface area contributed by atoms with E-state index in [1.165, 1.54) is 37.7 Å². The Bertz CT molecular complexity index is 622. The summed E-state index contributed by atoms with van der Waals surface area (Å²) in [5, 5.41) is 7.22. The van der Waals surface area contributed by atoms with Gasteiger partial charge in [0, 0.05) is 18.2 Å². The Morgan fingerprint density at radius 1 is 1.00 bits per heavy atom. The van der Waals surface area contributed by atoms with Gasteiger partial charge in [-0.3, -0.25) is 0 Å². The molecule has 0 aliphatic heterocycles. The van der Waals surface area contributed by atoms with Crippen LogP contribution in [0.4, 0.5) is 5.82 Å². The zero-order chi connectivity index (χ0) is 16.0. The molecule has 1 heterocycles. The highest BCUT2D eigenvalue weighted by atomic mass is 32.1. The first-order chi connectivity index (χ1) is 11.3. The van der Waals surface area contributed by atoms with Crippen LogP contribution in [0.25, 0.3) is 0 Å². The van der Waals surface area contributed by atoms with Crippen molar-refractivity contribution in [3.63, 3.8) is 0 Å². The van der Waals surface area contributed by atoms with Gasteiger partial charge in [0.2, 0.25) is 0 Å². The summed E-state index contributed by atoms with van der Waals surface area (Å²) in [5.74, 6) is 0.780. The van der Waals surface area contributed by atoms with Crippen LogP contribution >= 0.6 is 12.2 Å². The zero-order valence-corrected chi connectivity index (χ0v) is 14.1. The molecule has 2 N–H and O–H groups in total. The second-order valence-electron chi connectivity index (χ2n) is 6.23. The smallest absolute Gasteiger partial charge is 0.171 e. The van der Waals surface area contributed by atoms with Crippen LogP contribution < -0.4 is 10.6 Å². The number of pyridine rings is 1. The van der Waals surface area contributed by atoms with Gasteiger partial charge in [-0.1, -0.05) is 55.7 Å². The summed E-state index contributed by atoms with van der Waals surface area (Å²) >= 11 is 5.44. The maximum Gasteiger partial charge on any atom is 0.171 e. The molecule has 0 unspecified atom stereocenters. The molecule has 0 saturated heterocycles. The van der Waals surface area contributed by atoms with Gasteiger partial charge in [-0.05, 0) is 42.8 Å². The molecule has 3 nitrogen and oxygen atoms in total. The van der Waals surface area contributed by atoms with Gasteiger partial charge >= 0.3 is 0 Å². The molecule has 4 heteroatoms. The SMILES string of the molecule is S=C(NCC1(c2ccccc2)CCCCC1)Nc1ccccn1. The van der Waals surface area contributed by atoms with E-state index in [0.29, 0.717) is 5.11 Å². The van der Waals surface area contributed by atoms with Gasteiger partial charge < -0.3 is 10.6 Å². The number of benzene rings is 1. The summed E-state index contributed by atoms with van der Waals surface area (Å²) in [7, 11) is 0. The molecule has 0 atom stereocenters. The average Bonchev–Trinajstić information content (AvgIpc) is 2.62. The standard InChI is InChI=1S/C19H23N3S/c23-18(22-17-11-5-8-14-20-17)21-15-19(12-6-2-7-13-19)16-9-3-1-4-10-16/h1,3-5,8-11,14H,2,6-7,12-13,15H2,(H2,20,21,22,23). The minimum Gasteiger partial charge on any atom is -0.362 e. The van der Waals surface area contributed by atoms with Crippen molar-refractivity contribution in [2.45, 2.75) is 37.5 Å². The molecular formula is C19H23N3S. The van der Waals surface area contributed by atoms with Crippen molar-refractivity contribution < 1.29 is 0 Å². The Kier molecular flexibility index (Phi) is 5.23. The lowest BCUT2D eigenvalue weighted by atomic mass is 9.69. The predicted molar refractivity (Wildman–Crippen MR) is 99.7 cm³/mol. The van der Waals surface area contributed by atoms with Crippen LogP contribution in [0.3, 0.4) is 0 Å². The third-order valence-electron chi connectivity index (χ3n) is 4.69. The Hall–Kier alpha value is -1.94. The van der Waals surface area contributed by atoms with E-state index in [2.05, 4.69) is 45.9 Å². The highest BCUT2D eigenvalue weighted by Gasteiger charge is 2.33. The summed E-state index contributed by atoms with van der Waals surface area (Å²) in [6.45, 7) is 0.871. The molecule has 1 aromatic carbocycles. The highest BCUT2D eigenvalue weighted by molar-refractivity contribution is 7.80. The number of nitrogens with zero attached hydrogens (tertiary/aromatic N) is 1. The van der Waals surface area contributed by atoms with Crippen molar-refractivity contribution in [3.8, 4) is 0 Å². The van der Waals surface area contributed by atoms with Crippen molar-refractivity contribution in [2.24, 2.45) is 0 Å². The molecule has 120 valence electrons. The van der Waals surface area contributed by atoms with Crippen molar-refractivity contribution in [1.29, 1.82) is 0 Å². The van der Waals surface area contributed by atoms with Crippen LogP contribution in [0.15, 0.2) is 54.7 Å². The molecule has 0 radical (unpaired) electrons. The molecule has 0 spiro atoms. The lowest BCUT2D eigenvalue weighted by Crippen LogP contribution is -2.43. The molecule has 1 aromatic heterocycles. The lowest BCUT2D eigenvalue weighted by molar-refractivity contribution is 0.292. The van der Waals surface area contributed by atoms with E-state index in [9.17, 15) is 0 Å². The van der Waals surface area contributed by atoms with Crippen LogP contribution in [-0.4, -0.2) is 16.6 Å². The van der Waals surface area contributed by atoms with Gasteiger partial charge in [0.25, 0.3) is 0 Å². The number of nitrogens with one attached hydrogen (secondary N) is 2. The van der Waals surface area contributed by atoms with Crippen LogP contribution in [0.2, 0.25) is 0 Å². The van der Waals surface area contributed by atoms with Crippen LogP contribution in [-0.2, 0) is 5.41 Å². The molecule has 1 fully saturated rings. The molecule has 1 saturated carbocycles. The molecule has 0 amide bonds. The van der Waals surface area contributed by atoms with Crippen molar-refractivity contribution in [1.82, 2.24) is 10.3 Å². The maximum absolute atomic E-state index is 5.44. The lowest BCUT2D eigenvalue weighted by Gasteiger charge is -2.38. The predicted octanol–water partition coefficient (Wildman–Crippen LogP) is 4.27. The molecular weight excluding hydrogens is 302 g/mol. The Morgan fingerprint density at radius 3 is 2.43 bits per heavy atom. The molecule has 3 rings (SSSR count). The zero-order valence-electron chi connectivity index (χ0n) is 13.3. The minimum atomic E-state index is 0.190. The number of anilines is 1. The van der Waals surface area contributed by atoms with E-state index < -0.39 is 0 Å². The minimum absolute atomic E-state index is 0.190. The summed E-state index contributed by atoms with van der Waals surface area (Å²) < 4.78 is 0. The van der Waals surface area contributed by atoms with Gasteiger partial charge in [-0.25, -0.2) is 4.98 Å². The molecule has 0 bridgehead atoms. The van der Waals surface area contributed by atoms with E-state index in [1.54, 1.807) is 6.20 Å². The largest absolute Gasteiger partial charge is 0.362 e. The van der Waals surface area contributed by atoms with Crippen molar-refractivity contribution in [3.05, 3.63) is 60.3 Å². The fourth-order valence-electron chi connectivity index (χ4n) is 3.43. The summed E-state index contributed by atoms with van der Waals surface area (Å²) in [6.07, 6.45) is 8.11. The number of thiocarbonyl (C=S) groups is 1. The fourth-order valence-corrected chi connectivity index (χ4v) is 3.61. The molecule has 23 heavy (non-hydrogen) atoms. The molecule has 1 aliphatic carbocycles. The van der Waals surface area contributed by atoms with E-state index in [4.69, 9.17) is 12.2 Å². The van der Waals surface area contributed by atoms with Gasteiger partial charge in [0.05, 0.1) is 0 Å². The third-order valence-corrected chi connectivity index (χ3v) is 4.94. The van der Waals surface area contributed by atoms with Gasteiger partial charge in [0.15, 0.2) is 5.11 Å². The monoisotopic (exact) mass is 325 g/mol. The summed E-state index contributed by atoms with van der Waals surface area (Å²) in [6, 6.07) is 16.6. The number of rotatable bonds is 4. The van der Waals surface area contributed by atoms with Crippen molar-refractivity contribution in [2.75, 3.05) is 11.9 Å². The fraction of sp³-hybridized carbons (Fsp3) is 0.368. The van der Waals surface area contributed by atoms with Gasteiger partial charge in [-0.15, -0.1) is 0 Å². The Morgan fingerprint density at radius 2 is 1.74 bits per heavy atom.